The zero-order valence-electron chi connectivity index (χ0n) is 10.0. The van der Waals surface area contributed by atoms with Gasteiger partial charge in [0, 0.05) is 4.47 Å². The Morgan fingerprint density at radius 1 is 1.45 bits per heavy atom. The molecule has 0 spiro atoms. The molecule has 0 radical (unpaired) electrons. The van der Waals surface area contributed by atoms with E-state index in [-0.39, 0.29) is 17.3 Å². The van der Waals surface area contributed by atoms with Crippen LogP contribution in [0.3, 0.4) is 0 Å². The quantitative estimate of drug-likeness (QED) is 0.868. The maximum atomic E-state index is 13.1. The summed E-state index contributed by atoms with van der Waals surface area (Å²) in [5, 5.41) is 12.1. The fraction of sp³-hybridized carbons (Fsp3) is 0.0769. The van der Waals surface area contributed by atoms with Gasteiger partial charge in [-0.25, -0.2) is 14.2 Å². The monoisotopic (exact) mass is 358 g/mol. The molecule has 0 atom stereocenters. The third-order valence-corrected chi connectivity index (χ3v) is 3.40. The summed E-state index contributed by atoms with van der Waals surface area (Å²) in [5.74, 6) is -1.54. The van der Waals surface area contributed by atoms with Gasteiger partial charge in [-0.15, -0.1) is 0 Å². The van der Waals surface area contributed by atoms with Crippen LogP contribution in [0.25, 0.3) is 0 Å². The molecule has 0 aliphatic carbocycles. The Morgan fingerprint density at radius 2 is 2.20 bits per heavy atom. The van der Waals surface area contributed by atoms with Crippen LogP contribution in [0.1, 0.15) is 16.2 Å². The van der Waals surface area contributed by atoms with E-state index in [4.69, 9.17) is 16.7 Å². The molecule has 1 aromatic carbocycles. The highest BCUT2D eigenvalue weighted by Gasteiger charge is 2.09. The van der Waals surface area contributed by atoms with Gasteiger partial charge in [0.05, 0.1) is 22.9 Å². The molecule has 0 unspecified atom stereocenters. The normalized spacial score (nSPS) is 10.3. The summed E-state index contributed by atoms with van der Waals surface area (Å²) in [6, 6.07) is 7.18. The van der Waals surface area contributed by atoms with Crippen molar-refractivity contribution in [1.29, 1.82) is 0 Å². The minimum absolute atomic E-state index is 0.0337. The van der Waals surface area contributed by atoms with Crippen molar-refractivity contribution in [3.63, 3.8) is 0 Å². The minimum Gasteiger partial charge on any atom is -0.477 e. The molecule has 4 nitrogen and oxygen atoms in total. The number of carboxylic acid groups (broad SMARTS) is 1. The van der Waals surface area contributed by atoms with Gasteiger partial charge < -0.3 is 10.4 Å². The summed E-state index contributed by atoms with van der Waals surface area (Å²) in [6.45, 7) is 0.269. The third kappa shape index (κ3) is 3.46. The predicted molar refractivity (Wildman–Crippen MR) is 77.6 cm³/mol. The summed E-state index contributed by atoms with van der Waals surface area (Å²) < 4.78 is 13.6. The third-order valence-electron chi connectivity index (χ3n) is 2.48. The van der Waals surface area contributed by atoms with Crippen LogP contribution in [0, 0.1) is 5.82 Å². The Bertz CT molecular complexity index is 644. The number of aromatic carboxylic acids is 1. The largest absolute Gasteiger partial charge is 0.477 e. The number of hydrogen-bond acceptors (Lipinski definition) is 3. The van der Waals surface area contributed by atoms with Crippen LogP contribution in [0.5, 0.6) is 0 Å². The van der Waals surface area contributed by atoms with E-state index in [2.05, 4.69) is 26.2 Å². The van der Waals surface area contributed by atoms with E-state index >= 15 is 0 Å². The molecule has 0 saturated carbocycles. The molecule has 0 fully saturated rings. The van der Waals surface area contributed by atoms with Crippen molar-refractivity contribution in [3.8, 4) is 0 Å². The maximum Gasteiger partial charge on any atom is 0.354 e. The lowest BCUT2D eigenvalue weighted by atomic mass is 10.2. The Morgan fingerprint density at radius 3 is 2.85 bits per heavy atom. The second-order valence-electron chi connectivity index (χ2n) is 3.92. The van der Waals surface area contributed by atoms with Gasteiger partial charge in [-0.05, 0) is 40.2 Å². The lowest BCUT2D eigenvalue weighted by Gasteiger charge is -2.10. The average Bonchev–Trinajstić information content (AvgIpc) is 2.37. The van der Waals surface area contributed by atoms with Crippen molar-refractivity contribution < 1.29 is 14.3 Å². The highest BCUT2D eigenvalue weighted by molar-refractivity contribution is 9.10. The number of nitrogens with one attached hydrogen (secondary N) is 1. The highest BCUT2D eigenvalue weighted by Crippen LogP contribution is 2.31. The van der Waals surface area contributed by atoms with Gasteiger partial charge in [0.15, 0.2) is 0 Å². The lowest BCUT2D eigenvalue weighted by molar-refractivity contribution is 0.0690. The van der Waals surface area contributed by atoms with Crippen molar-refractivity contribution in [3.05, 3.63) is 57.0 Å². The predicted octanol–water partition coefficient (Wildman–Crippen LogP) is 3.95. The molecule has 0 saturated heterocycles. The first-order chi connectivity index (χ1) is 9.47. The van der Waals surface area contributed by atoms with E-state index in [9.17, 15) is 9.18 Å². The number of pyridine rings is 1. The number of aromatic nitrogens is 1. The van der Waals surface area contributed by atoms with E-state index in [0.717, 1.165) is 0 Å². The number of carboxylic acids is 1. The highest BCUT2D eigenvalue weighted by atomic mass is 79.9. The first kappa shape index (κ1) is 14.7. The molecule has 0 aliphatic rings. The standard InChI is InChI=1S/C13H9BrClFN2O2/c14-9-4-7(16)5-10(15)12(9)17-6-8-2-1-3-11(18-8)13(19)20/h1-5,17H,6H2,(H,19,20). The first-order valence-corrected chi connectivity index (χ1v) is 6.72. The number of benzene rings is 1. The molecular weight excluding hydrogens is 351 g/mol. The number of rotatable bonds is 4. The van der Waals surface area contributed by atoms with Gasteiger partial charge in [0.2, 0.25) is 0 Å². The van der Waals surface area contributed by atoms with E-state index in [1.807, 2.05) is 0 Å². The van der Waals surface area contributed by atoms with Gasteiger partial charge in [-0.1, -0.05) is 17.7 Å². The van der Waals surface area contributed by atoms with E-state index in [1.54, 1.807) is 12.1 Å². The zero-order valence-corrected chi connectivity index (χ0v) is 12.4. The molecule has 0 bridgehead atoms. The number of carbonyl (C=O) groups is 1. The van der Waals surface area contributed by atoms with Gasteiger partial charge in [0.1, 0.15) is 11.5 Å². The summed E-state index contributed by atoms with van der Waals surface area (Å²) in [7, 11) is 0. The van der Waals surface area contributed by atoms with Crippen LogP contribution in [0.15, 0.2) is 34.8 Å². The second kappa shape index (κ2) is 6.19. The molecule has 0 aliphatic heterocycles. The van der Waals surface area contributed by atoms with Crippen molar-refractivity contribution >= 4 is 39.2 Å². The lowest BCUT2D eigenvalue weighted by Crippen LogP contribution is -2.07. The molecule has 2 rings (SSSR count). The van der Waals surface area contributed by atoms with E-state index in [0.29, 0.717) is 15.9 Å². The molecular formula is C13H9BrClFN2O2. The molecule has 1 aromatic heterocycles. The fourth-order valence-electron chi connectivity index (χ4n) is 1.59. The number of nitrogens with zero attached hydrogens (tertiary/aromatic N) is 1. The summed E-state index contributed by atoms with van der Waals surface area (Å²) in [6.07, 6.45) is 0. The minimum atomic E-state index is -1.09. The Balaban J connectivity index is 2.17. The van der Waals surface area contributed by atoms with Crippen LogP contribution in [0.2, 0.25) is 5.02 Å². The van der Waals surface area contributed by atoms with Crippen molar-refractivity contribution in [2.75, 3.05) is 5.32 Å². The fourth-order valence-corrected chi connectivity index (χ4v) is 2.55. The Labute approximate surface area is 127 Å². The number of hydrogen-bond donors (Lipinski definition) is 2. The SMILES string of the molecule is O=C(O)c1cccc(CNc2c(Cl)cc(F)cc2Br)n1. The van der Waals surface area contributed by atoms with Crippen LogP contribution in [-0.4, -0.2) is 16.1 Å². The topological polar surface area (TPSA) is 62.2 Å². The summed E-state index contributed by atoms with van der Waals surface area (Å²) >= 11 is 9.14. The van der Waals surface area contributed by atoms with Crippen LogP contribution in [0.4, 0.5) is 10.1 Å². The zero-order chi connectivity index (χ0) is 14.7. The maximum absolute atomic E-state index is 13.1. The van der Waals surface area contributed by atoms with Gasteiger partial charge >= 0.3 is 5.97 Å². The number of halogens is 3. The van der Waals surface area contributed by atoms with Crippen LogP contribution < -0.4 is 5.32 Å². The molecule has 0 amide bonds. The molecule has 2 N–H and O–H groups in total. The molecule has 20 heavy (non-hydrogen) atoms. The Kier molecular flexibility index (Phi) is 4.57. The van der Waals surface area contributed by atoms with Gasteiger partial charge in [0.25, 0.3) is 0 Å². The van der Waals surface area contributed by atoms with Gasteiger partial charge in [-0.3, -0.25) is 0 Å². The van der Waals surface area contributed by atoms with Gasteiger partial charge in [-0.2, -0.15) is 0 Å². The van der Waals surface area contributed by atoms with Crippen LogP contribution >= 0.6 is 27.5 Å². The van der Waals surface area contributed by atoms with Crippen molar-refractivity contribution in [2.45, 2.75) is 6.54 Å². The smallest absolute Gasteiger partial charge is 0.354 e. The second-order valence-corrected chi connectivity index (χ2v) is 5.18. The van der Waals surface area contributed by atoms with Crippen LogP contribution in [-0.2, 0) is 6.54 Å². The molecule has 2 aromatic rings. The summed E-state index contributed by atoms with van der Waals surface area (Å²) in [5.41, 5.74) is 1.03. The number of anilines is 1. The van der Waals surface area contributed by atoms with E-state index in [1.165, 1.54) is 18.2 Å². The van der Waals surface area contributed by atoms with Crippen molar-refractivity contribution in [2.24, 2.45) is 0 Å². The molecule has 104 valence electrons. The first-order valence-electron chi connectivity index (χ1n) is 5.55. The molecule has 7 heteroatoms. The molecule has 1 heterocycles. The van der Waals surface area contributed by atoms with E-state index < -0.39 is 11.8 Å². The van der Waals surface area contributed by atoms with Crippen molar-refractivity contribution in [1.82, 2.24) is 4.98 Å². The average molecular weight is 360 g/mol. The summed E-state index contributed by atoms with van der Waals surface area (Å²) in [4.78, 5) is 14.8. The Hall–Kier alpha value is -1.66.